The zero-order chi connectivity index (χ0) is 13.2. The Bertz CT molecular complexity index is 506. The molecule has 2 heteroatoms. The van der Waals surface area contributed by atoms with Gasteiger partial charge >= 0.3 is 0 Å². The topological polar surface area (TPSA) is 26.3 Å². The Morgan fingerprint density at radius 2 is 1.72 bits per heavy atom. The van der Waals surface area contributed by atoms with Gasteiger partial charge in [-0.15, -0.1) is 0 Å². The number of carbonyl (C=O) groups excluding carboxylic acids is 1. The molecule has 0 aromatic carbocycles. The summed E-state index contributed by atoms with van der Waals surface area (Å²) in [5.74, 6) is 0.844. The standard InChI is InChI=1S/C16H18O2/c1-16(2,3)18-15-9-8-14(11-17)12-6-4-5-7-13(15)10-12/h4-9,11H,10H2,1-3H3. The first-order valence-corrected chi connectivity index (χ1v) is 6.13. The number of ether oxygens (including phenoxy) is 1. The maximum Gasteiger partial charge on any atom is 0.150 e. The van der Waals surface area contributed by atoms with Gasteiger partial charge in [0, 0.05) is 12.0 Å². The van der Waals surface area contributed by atoms with E-state index in [1.54, 1.807) is 0 Å². The zero-order valence-electron chi connectivity index (χ0n) is 11.1. The second-order valence-electron chi connectivity index (χ2n) is 5.43. The molecule has 0 fully saturated rings. The predicted octanol–water partition coefficient (Wildman–Crippen LogP) is 3.64. The summed E-state index contributed by atoms with van der Waals surface area (Å²) in [4.78, 5) is 11.1. The third-order valence-electron chi connectivity index (χ3n) is 2.73. The van der Waals surface area contributed by atoms with Crippen LogP contribution in [0.1, 0.15) is 27.2 Å². The molecule has 0 saturated heterocycles. The molecule has 2 aliphatic rings. The molecule has 2 rings (SSSR count). The van der Waals surface area contributed by atoms with Crippen LogP contribution in [0.15, 0.2) is 58.9 Å². The van der Waals surface area contributed by atoms with E-state index in [-0.39, 0.29) is 5.60 Å². The van der Waals surface area contributed by atoms with Gasteiger partial charge in [0.1, 0.15) is 17.6 Å². The summed E-state index contributed by atoms with van der Waals surface area (Å²) in [6, 6.07) is 0. The van der Waals surface area contributed by atoms with Gasteiger partial charge in [0.15, 0.2) is 0 Å². The number of hydrogen-bond acceptors (Lipinski definition) is 2. The van der Waals surface area contributed by atoms with Crippen LogP contribution in [0.2, 0.25) is 0 Å². The van der Waals surface area contributed by atoms with Gasteiger partial charge in [-0.2, -0.15) is 0 Å². The highest BCUT2D eigenvalue weighted by Gasteiger charge is 2.20. The maximum atomic E-state index is 11.1. The fourth-order valence-electron chi connectivity index (χ4n) is 1.96. The van der Waals surface area contributed by atoms with E-state index in [2.05, 4.69) is 0 Å². The summed E-state index contributed by atoms with van der Waals surface area (Å²) in [6.07, 6.45) is 13.3. The molecule has 0 radical (unpaired) electrons. The van der Waals surface area contributed by atoms with Crippen LogP contribution in [0.5, 0.6) is 0 Å². The first-order valence-electron chi connectivity index (χ1n) is 6.13. The Morgan fingerprint density at radius 1 is 1.06 bits per heavy atom. The van der Waals surface area contributed by atoms with Crippen LogP contribution in [0.25, 0.3) is 0 Å². The molecule has 0 aromatic rings. The first-order chi connectivity index (χ1) is 8.49. The molecule has 2 bridgehead atoms. The fraction of sp³-hybridized carbons (Fsp3) is 0.312. The second kappa shape index (κ2) is 4.81. The number of allylic oxidation sites excluding steroid dienone is 9. The van der Waals surface area contributed by atoms with Crippen molar-refractivity contribution in [3.05, 3.63) is 58.9 Å². The average Bonchev–Trinajstić information content (AvgIpc) is 2.60. The van der Waals surface area contributed by atoms with Gasteiger partial charge in [-0.1, -0.05) is 24.3 Å². The molecule has 2 nitrogen and oxygen atoms in total. The fourth-order valence-corrected chi connectivity index (χ4v) is 1.96. The lowest BCUT2D eigenvalue weighted by Gasteiger charge is -2.24. The second-order valence-corrected chi connectivity index (χ2v) is 5.43. The largest absolute Gasteiger partial charge is 0.488 e. The van der Waals surface area contributed by atoms with Gasteiger partial charge in [-0.05, 0) is 44.1 Å². The van der Waals surface area contributed by atoms with Crippen LogP contribution < -0.4 is 0 Å². The van der Waals surface area contributed by atoms with Crippen molar-refractivity contribution in [1.29, 1.82) is 0 Å². The number of carbonyl (C=O) groups is 1. The molecule has 0 atom stereocenters. The highest BCUT2D eigenvalue weighted by Crippen LogP contribution is 2.31. The van der Waals surface area contributed by atoms with Crippen molar-refractivity contribution in [2.75, 3.05) is 0 Å². The summed E-state index contributed by atoms with van der Waals surface area (Å²) >= 11 is 0. The van der Waals surface area contributed by atoms with Crippen LogP contribution in [-0.4, -0.2) is 11.9 Å². The summed E-state index contributed by atoms with van der Waals surface area (Å²) in [5.41, 5.74) is 2.62. The molecule has 0 aromatic heterocycles. The molecule has 0 amide bonds. The Hall–Kier alpha value is -1.83. The quantitative estimate of drug-likeness (QED) is 0.691. The van der Waals surface area contributed by atoms with E-state index in [9.17, 15) is 4.79 Å². The third-order valence-corrected chi connectivity index (χ3v) is 2.73. The van der Waals surface area contributed by atoms with E-state index in [0.29, 0.717) is 0 Å². The normalized spacial score (nSPS) is 18.8. The molecule has 0 aliphatic heterocycles. The van der Waals surface area contributed by atoms with Gasteiger partial charge in [-0.25, -0.2) is 0 Å². The molecule has 0 saturated carbocycles. The number of aldehydes is 1. The van der Waals surface area contributed by atoms with Crippen LogP contribution >= 0.6 is 0 Å². The van der Waals surface area contributed by atoms with E-state index in [4.69, 9.17) is 4.74 Å². The molecule has 94 valence electrons. The van der Waals surface area contributed by atoms with Crippen molar-refractivity contribution in [3.8, 4) is 0 Å². The van der Waals surface area contributed by atoms with Gasteiger partial charge < -0.3 is 4.74 Å². The lowest BCUT2D eigenvalue weighted by Crippen LogP contribution is -2.19. The van der Waals surface area contributed by atoms with E-state index >= 15 is 0 Å². The first kappa shape index (κ1) is 12.6. The zero-order valence-corrected chi connectivity index (χ0v) is 11.1. The summed E-state index contributed by atoms with van der Waals surface area (Å²) in [7, 11) is 0. The van der Waals surface area contributed by atoms with Gasteiger partial charge in [-0.3, -0.25) is 4.79 Å². The SMILES string of the molecule is CC(C)(C)OC1=CC=C(C=O)C2=CC=CC=C1C2. The average molecular weight is 242 g/mol. The van der Waals surface area contributed by atoms with Crippen LogP contribution in [0.3, 0.4) is 0 Å². The molecule has 2 aliphatic carbocycles. The number of fused-ring (bicyclic) bond motifs is 2. The van der Waals surface area contributed by atoms with Gasteiger partial charge in [0.25, 0.3) is 0 Å². The van der Waals surface area contributed by atoms with Crippen molar-refractivity contribution < 1.29 is 9.53 Å². The van der Waals surface area contributed by atoms with E-state index in [0.717, 1.165) is 35.2 Å². The van der Waals surface area contributed by atoms with Crippen molar-refractivity contribution >= 4 is 6.29 Å². The van der Waals surface area contributed by atoms with E-state index < -0.39 is 0 Å². The minimum absolute atomic E-state index is 0.244. The molecular weight excluding hydrogens is 224 g/mol. The summed E-state index contributed by atoms with van der Waals surface area (Å²) < 4.78 is 5.96. The lowest BCUT2D eigenvalue weighted by molar-refractivity contribution is -0.104. The maximum absolute atomic E-state index is 11.1. The van der Waals surface area contributed by atoms with Crippen LogP contribution in [0, 0.1) is 0 Å². The molecule has 0 N–H and O–H groups in total. The predicted molar refractivity (Wildman–Crippen MR) is 73.0 cm³/mol. The highest BCUT2D eigenvalue weighted by atomic mass is 16.5. The third kappa shape index (κ3) is 2.89. The number of rotatable bonds is 2. The Balaban J connectivity index is 2.42. The minimum Gasteiger partial charge on any atom is -0.488 e. The highest BCUT2D eigenvalue weighted by molar-refractivity contribution is 5.82. The molecule has 0 heterocycles. The van der Waals surface area contributed by atoms with E-state index in [1.807, 2.05) is 57.2 Å². The minimum atomic E-state index is -0.244. The lowest BCUT2D eigenvalue weighted by atomic mass is 10.0. The van der Waals surface area contributed by atoms with E-state index in [1.165, 1.54) is 0 Å². The summed E-state index contributed by atoms with van der Waals surface area (Å²) in [5, 5.41) is 0. The van der Waals surface area contributed by atoms with Gasteiger partial charge in [0.2, 0.25) is 0 Å². The van der Waals surface area contributed by atoms with Crippen molar-refractivity contribution in [2.45, 2.75) is 32.8 Å². The molecule has 0 spiro atoms. The monoisotopic (exact) mass is 242 g/mol. The Kier molecular flexibility index (Phi) is 3.37. The Labute approximate surface area is 108 Å². The van der Waals surface area contributed by atoms with Crippen molar-refractivity contribution in [1.82, 2.24) is 0 Å². The molecule has 0 unspecified atom stereocenters. The Morgan fingerprint density at radius 3 is 2.33 bits per heavy atom. The molecular formula is C16H18O2. The smallest absolute Gasteiger partial charge is 0.150 e. The molecule has 18 heavy (non-hydrogen) atoms. The van der Waals surface area contributed by atoms with Crippen molar-refractivity contribution in [2.24, 2.45) is 0 Å². The van der Waals surface area contributed by atoms with Crippen molar-refractivity contribution in [3.63, 3.8) is 0 Å². The number of hydrogen-bond donors (Lipinski definition) is 0. The van der Waals surface area contributed by atoms with Crippen LogP contribution in [-0.2, 0) is 9.53 Å². The van der Waals surface area contributed by atoms with Gasteiger partial charge in [0.05, 0.1) is 0 Å². The van der Waals surface area contributed by atoms with Crippen LogP contribution in [0.4, 0.5) is 0 Å². The summed E-state index contributed by atoms with van der Waals surface area (Å²) in [6.45, 7) is 6.06.